The maximum atomic E-state index is 6.10. The van der Waals surface area contributed by atoms with Crippen molar-refractivity contribution >= 4 is 7.12 Å². The van der Waals surface area contributed by atoms with Crippen LogP contribution in [0.2, 0.25) is 5.82 Å². The van der Waals surface area contributed by atoms with Crippen molar-refractivity contribution in [2.75, 3.05) is 0 Å². The van der Waals surface area contributed by atoms with Gasteiger partial charge in [-0.15, -0.1) is 0 Å². The second-order valence-corrected chi connectivity index (χ2v) is 6.58. The minimum Gasteiger partial charge on any atom is -0.403 e. The van der Waals surface area contributed by atoms with Gasteiger partial charge in [0.25, 0.3) is 0 Å². The van der Waals surface area contributed by atoms with E-state index in [-0.39, 0.29) is 18.3 Å². The van der Waals surface area contributed by atoms with Crippen molar-refractivity contribution in [3.8, 4) is 0 Å². The smallest absolute Gasteiger partial charge is 0.403 e. The maximum absolute atomic E-state index is 6.10. The first kappa shape index (κ1) is 12.2. The first-order valence-electron chi connectivity index (χ1n) is 6.64. The summed E-state index contributed by atoms with van der Waals surface area (Å²) in [6.45, 7) is 8.42. The Balaban J connectivity index is 1.70. The molecule has 2 atom stereocenters. The molecule has 1 aliphatic heterocycles. The van der Waals surface area contributed by atoms with Crippen LogP contribution in [0.3, 0.4) is 0 Å². The number of aromatic nitrogens is 2. The van der Waals surface area contributed by atoms with Crippen LogP contribution in [-0.4, -0.2) is 28.1 Å². The molecule has 1 aliphatic carbocycles. The number of nitrogens with zero attached hydrogens (tertiary/aromatic N) is 2. The Morgan fingerprint density at radius 1 is 1.28 bits per heavy atom. The van der Waals surface area contributed by atoms with E-state index in [0.717, 1.165) is 6.42 Å². The van der Waals surface area contributed by atoms with Gasteiger partial charge in [-0.2, -0.15) is 5.10 Å². The molecule has 2 heterocycles. The Morgan fingerprint density at radius 3 is 2.39 bits per heavy atom. The lowest BCUT2D eigenvalue weighted by atomic mass is 9.80. The largest absolute Gasteiger partial charge is 0.461 e. The van der Waals surface area contributed by atoms with Gasteiger partial charge >= 0.3 is 7.12 Å². The van der Waals surface area contributed by atoms with Crippen molar-refractivity contribution in [2.45, 2.75) is 57.1 Å². The van der Waals surface area contributed by atoms with Crippen LogP contribution in [-0.2, 0) is 16.4 Å². The third kappa shape index (κ3) is 1.80. The van der Waals surface area contributed by atoms with Crippen LogP contribution in [0.25, 0.3) is 0 Å². The van der Waals surface area contributed by atoms with E-state index in [0.29, 0.717) is 11.7 Å². The quantitative estimate of drug-likeness (QED) is 0.754. The SMILES string of the molecule is Cn1cc(C2CC2B2OC(C)(C)C(C)(C)O2)cn1. The molecule has 2 fully saturated rings. The summed E-state index contributed by atoms with van der Waals surface area (Å²) >= 11 is 0. The first-order valence-corrected chi connectivity index (χ1v) is 6.64. The van der Waals surface area contributed by atoms with Crippen LogP contribution in [0, 0.1) is 0 Å². The second kappa shape index (κ2) is 3.61. The number of rotatable bonds is 2. The lowest BCUT2D eigenvalue weighted by Crippen LogP contribution is -2.41. The van der Waals surface area contributed by atoms with E-state index in [2.05, 4.69) is 39.0 Å². The fraction of sp³-hybridized carbons (Fsp3) is 0.769. The summed E-state index contributed by atoms with van der Waals surface area (Å²) in [4.78, 5) is 0. The molecule has 4 nitrogen and oxygen atoms in total. The molecule has 2 aliphatic rings. The molecule has 1 aromatic rings. The van der Waals surface area contributed by atoms with Gasteiger partial charge in [-0.25, -0.2) is 0 Å². The zero-order valence-electron chi connectivity index (χ0n) is 11.8. The Bertz CT molecular complexity index is 453. The van der Waals surface area contributed by atoms with Crippen molar-refractivity contribution in [1.82, 2.24) is 9.78 Å². The summed E-state index contributed by atoms with van der Waals surface area (Å²) in [6, 6.07) is 0. The van der Waals surface area contributed by atoms with Gasteiger partial charge in [-0.05, 0) is 45.6 Å². The summed E-state index contributed by atoms with van der Waals surface area (Å²) in [5.74, 6) is 1.03. The molecular weight excluding hydrogens is 227 g/mol. The standard InChI is InChI=1S/C13H21BN2O2/c1-12(2)13(3,4)18-14(17-12)11-6-10(11)9-7-15-16(5)8-9/h7-8,10-11H,6H2,1-5H3. The molecule has 3 rings (SSSR count). The summed E-state index contributed by atoms with van der Waals surface area (Å²) in [5, 5.41) is 4.23. The van der Waals surface area contributed by atoms with Crippen LogP contribution in [0.4, 0.5) is 0 Å². The van der Waals surface area contributed by atoms with Gasteiger partial charge in [0.1, 0.15) is 0 Å². The lowest BCUT2D eigenvalue weighted by molar-refractivity contribution is 0.00578. The molecule has 0 radical (unpaired) electrons. The molecule has 98 valence electrons. The molecule has 1 aromatic heterocycles. The van der Waals surface area contributed by atoms with Crippen LogP contribution < -0.4 is 0 Å². The molecule has 18 heavy (non-hydrogen) atoms. The van der Waals surface area contributed by atoms with E-state index in [1.54, 1.807) is 0 Å². The molecule has 0 bridgehead atoms. The number of hydrogen-bond donors (Lipinski definition) is 0. The molecule has 0 N–H and O–H groups in total. The second-order valence-electron chi connectivity index (χ2n) is 6.58. The van der Waals surface area contributed by atoms with Crippen LogP contribution >= 0.6 is 0 Å². The Labute approximate surface area is 109 Å². The number of aryl methyl sites for hydroxylation is 1. The molecule has 0 spiro atoms. The van der Waals surface area contributed by atoms with Crippen LogP contribution in [0.15, 0.2) is 12.4 Å². The summed E-state index contributed by atoms with van der Waals surface area (Å²) in [6.07, 6.45) is 5.19. The molecule has 5 heteroatoms. The zero-order chi connectivity index (χ0) is 13.1. The van der Waals surface area contributed by atoms with Gasteiger partial charge in [0.2, 0.25) is 0 Å². The van der Waals surface area contributed by atoms with Gasteiger partial charge < -0.3 is 9.31 Å². The van der Waals surface area contributed by atoms with Crippen molar-refractivity contribution < 1.29 is 9.31 Å². The number of hydrogen-bond acceptors (Lipinski definition) is 3. The third-order valence-electron chi connectivity index (χ3n) is 4.61. The zero-order valence-corrected chi connectivity index (χ0v) is 11.8. The first-order chi connectivity index (χ1) is 8.30. The van der Waals surface area contributed by atoms with Gasteiger partial charge in [0.05, 0.1) is 17.4 Å². The van der Waals surface area contributed by atoms with E-state index in [1.165, 1.54) is 5.56 Å². The van der Waals surface area contributed by atoms with E-state index in [1.807, 2.05) is 17.9 Å². The fourth-order valence-electron chi connectivity index (χ4n) is 2.59. The summed E-state index contributed by atoms with van der Waals surface area (Å²) in [5.41, 5.74) is 0.858. The minimum absolute atomic E-state index is 0.0693. The molecular formula is C13H21BN2O2. The third-order valence-corrected chi connectivity index (χ3v) is 4.61. The Kier molecular flexibility index (Phi) is 2.45. The topological polar surface area (TPSA) is 36.3 Å². The predicted molar refractivity (Wildman–Crippen MR) is 70.4 cm³/mol. The van der Waals surface area contributed by atoms with E-state index in [9.17, 15) is 0 Å². The summed E-state index contributed by atoms with van der Waals surface area (Å²) < 4.78 is 14.1. The minimum atomic E-state index is -0.222. The van der Waals surface area contributed by atoms with Crippen LogP contribution in [0.5, 0.6) is 0 Å². The Hall–Kier alpha value is -0.805. The highest BCUT2D eigenvalue weighted by molar-refractivity contribution is 6.49. The normalized spacial score (nSPS) is 32.8. The molecule has 1 saturated heterocycles. The van der Waals surface area contributed by atoms with E-state index >= 15 is 0 Å². The monoisotopic (exact) mass is 248 g/mol. The maximum Gasteiger partial charge on any atom is 0.461 e. The highest BCUT2D eigenvalue weighted by Gasteiger charge is 2.60. The highest BCUT2D eigenvalue weighted by Crippen LogP contribution is 2.58. The molecule has 0 amide bonds. The summed E-state index contributed by atoms with van der Waals surface area (Å²) in [7, 11) is 1.88. The molecule has 1 saturated carbocycles. The van der Waals surface area contributed by atoms with Crippen molar-refractivity contribution in [1.29, 1.82) is 0 Å². The average Bonchev–Trinajstić information content (AvgIpc) is 2.87. The molecule has 2 unspecified atom stereocenters. The lowest BCUT2D eigenvalue weighted by Gasteiger charge is -2.32. The van der Waals surface area contributed by atoms with E-state index in [4.69, 9.17) is 9.31 Å². The van der Waals surface area contributed by atoms with Gasteiger partial charge in [0, 0.05) is 19.1 Å². The van der Waals surface area contributed by atoms with E-state index < -0.39 is 0 Å². The van der Waals surface area contributed by atoms with Gasteiger partial charge in [0.15, 0.2) is 0 Å². The predicted octanol–water partition coefficient (Wildman–Crippen LogP) is 2.37. The van der Waals surface area contributed by atoms with Crippen molar-refractivity contribution in [3.63, 3.8) is 0 Å². The van der Waals surface area contributed by atoms with Gasteiger partial charge in [-0.1, -0.05) is 0 Å². The average molecular weight is 248 g/mol. The van der Waals surface area contributed by atoms with Crippen molar-refractivity contribution in [2.24, 2.45) is 7.05 Å². The van der Waals surface area contributed by atoms with Gasteiger partial charge in [-0.3, -0.25) is 4.68 Å². The Morgan fingerprint density at radius 2 is 1.89 bits per heavy atom. The fourth-order valence-corrected chi connectivity index (χ4v) is 2.59. The molecule has 0 aromatic carbocycles. The van der Waals surface area contributed by atoms with Crippen LogP contribution in [0.1, 0.15) is 45.6 Å². The van der Waals surface area contributed by atoms with Crippen molar-refractivity contribution in [3.05, 3.63) is 18.0 Å². The highest BCUT2D eigenvalue weighted by atomic mass is 16.7.